The molecule has 0 fully saturated rings. The molecule has 15 heavy (non-hydrogen) atoms. The SMILES string of the molecule is Cc1c(-c2ccccc2)sc(C=O)c1N. The summed E-state index contributed by atoms with van der Waals surface area (Å²) in [5.41, 5.74) is 8.54. The zero-order chi connectivity index (χ0) is 10.8. The van der Waals surface area contributed by atoms with Crippen LogP contribution in [0, 0.1) is 6.92 Å². The monoisotopic (exact) mass is 217 g/mol. The van der Waals surface area contributed by atoms with E-state index in [2.05, 4.69) is 0 Å². The normalized spacial score (nSPS) is 10.2. The van der Waals surface area contributed by atoms with Gasteiger partial charge in [-0.2, -0.15) is 0 Å². The van der Waals surface area contributed by atoms with Gasteiger partial charge in [-0.15, -0.1) is 11.3 Å². The Hall–Kier alpha value is -1.61. The Labute approximate surface area is 92.4 Å². The van der Waals surface area contributed by atoms with Crippen LogP contribution in [-0.4, -0.2) is 6.29 Å². The molecule has 2 nitrogen and oxygen atoms in total. The molecule has 2 rings (SSSR count). The number of carbonyl (C=O) groups is 1. The van der Waals surface area contributed by atoms with E-state index in [0.29, 0.717) is 10.6 Å². The van der Waals surface area contributed by atoms with Gasteiger partial charge in [0.25, 0.3) is 0 Å². The summed E-state index contributed by atoms with van der Waals surface area (Å²) in [5, 5.41) is 0. The van der Waals surface area contributed by atoms with E-state index in [0.717, 1.165) is 22.3 Å². The van der Waals surface area contributed by atoms with Crippen LogP contribution in [0.1, 0.15) is 15.2 Å². The molecule has 0 saturated heterocycles. The van der Waals surface area contributed by atoms with Crippen molar-refractivity contribution in [1.82, 2.24) is 0 Å². The quantitative estimate of drug-likeness (QED) is 0.785. The zero-order valence-corrected chi connectivity index (χ0v) is 9.17. The van der Waals surface area contributed by atoms with Crippen LogP contribution >= 0.6 is 11.3 Å². The number of hydrogen-bond donors (Lipinski definition) is 1. The highest BCUT2D eigenvalue weighted by Gasteiger charge is 2.12. The van der Waals surface area contributed by atoms with Crippen molar-refractivity contribution in [3.8, 4) is 10.4 Å². The fourth-order valence-electron chi connectivity index (χ4n) is 1.50. The molecule has 1 aromatic heterocycles. The third-order valence-corrected chi connectivity index (χ3v) is 3.65. The largest absolute Gasteiger partial charge is 0.397 e. The van der Waals surface area contributed by atoms with E-state index in [1.165, 1.54) is 11.3 Å². The molecule has 0 aliphatic rings. The molecule has 2 aromatic rings. The van der Waals surface area contributed by atoms with Crippen LogP contribution in [0.25, 0.3) is 10.4 Å². The van der Waals surface area contributed by atoms with Gasteiger partial charge in [-0.3, -0.25) is 4.79 Å². The molecular formula is C12H11NOS. The Kier molecular flexibility index (Phi) is 2.56. The van der Waals surface area contributed by atoms with Crippen LogP contribution < -0.4 is 5.73 Å². The van der Waals surface area contributed by atoms with Crippen LogP contribution in [0.15, 0.2) is 30.3 Å². The molecule has 0 atom stereocenters. The molecule has 0 unspecified atom stereocenters. The molecule has 0 spiro atoms. The summed E-state index contributed by atoms with van der Waals surface area (Å²) in [5.74, 6) is 0. The smallest absolute Gasteiger partial charge is 0.162 e. The lowest BCUT2D eigenvalue weighted by Gasteiger charge is -1.98. The van der Waals surface area contributed by atoms with E-state index in [1.807, 2.05) is 37.3 Å². The molecule has 0 saturated carbocycles. The highest BCUT2D eigenvalue weighted by Crippen LogP contribution is 2.36. The van der Waals surface area contributed by atoms with Crippen molar-refractivity contribution >= 4 is 23.3 Å². The summed E-state index contributed by atoms with van der Waals surface area (Å²) in [6, 6.07) is 9.96. The first-order valence-corrected chi connectivity index (χ1v) is 5.45. The highest BCUT2D eigenvalue weighted by atomic mass is 32.1. The first-order chi connectivity index (χ1) is 7.24. The van der Waals surface area contributed by atoms with Crippen molar-refractivity contribution < 1.29 is 4.79 Å². The van der Waals surface area contributed by atoms with Crippen molar-refractivity contribution in [3.05, 3.63) is 40.8 Å². The van der Waals surface area contributed by atoms with E-state index >= 15 is 0 Å². The highest BCUT2D eigenvalue weighted by molar-refractivity contribution is 7.17. The summed E-state index contributed by atoms with van der Waals surface area (Å²) in [6.45, 7) is 1.95. The van der Waals surface area contributed by atoms with Gasteiger partial charge in [0.1, 0.15) is 0 Å². The molecule has 1 heterocycles. The first-order valence-electron chi connectivity index (χ1n) is 4.63. The number of aldehydes is 1. The molecule has 0 aliphatic carbocycles. The maximum Gasteiger partial charge on any atom is 0.162 e. The molecule has 3 heteroatoms. The second-order valence-electron chi connectivity index (χ2n) is 3.32. The molecule has 0 amide bonds. The number of benzene rings is 1. The van der Waals surface area contributed by atoms with E-state index in [4.69, 9.17) is 5.73 Å². The van der Waals surface area contributed by atoms with Gasteiger partial charge in [-0.25, -0.2) is 0 Å². The van der Waals surface area contributed by atoms with Crippen molar-refractivity contribution in [1.29, 1.82) is 0 Å². The minimum atomic E-state index is 0.605. The predicted molar refractivity (Wildman–Crippen MR) is 64.3 cm³/mol. The second kappa shape index (κ2) is 3.87. The topological polar surface area (TPSA) is 43.1 Å². The maximum absolute atomic E-state index is 10.8. The fraction of sp³-hybridized carbons (Fsp3) is 0.0833. The lowest BCUT2D eigenvalue weighted by atomic mass is 10.1. The molecule has 0 radical (unpaired) electrons. The van der Waals surface area contributed by atoms with Crippen LogP contribution in [-0.2, 0) is 0 Å². The van der Waals surface area contributed by atoms with Crippen molar-refractivity contribution in [3.63, 3.8) is 0 Å². The lowest BCUT2D eigenvalue weighted by Crippen LogP contribution is -1.88. The molecule has 76 valence electrons. The summed E-state index contributed by atoms with van der Waals surface area (Å²) in [6.07, 6.45) is 0.819. The zero-order valence-electron chi connectivity index (χ0n) is 8.36. The predicted octanol–water partition coefficient (Wildman–Crippen LogP) is 3.12. The summed E-state index contributed by atoms with van der Waals surface area (Å²) in [7, 11) is 0. The number of nitrogens with two attached hydrogens (primary N) is 1. The van der Waals surface area contributed by atoms with E-state index < -0.39 is 0 Å². The summed E-state index contributed by atoms with van der Waals surface area (Å²) >= 11 is 1.45. The maximum atomic E-state index is 10.8. The summed E-state index contributed by atoms with van der Waals surface area (Å²) in [4.78, 5) is 12.5. The first kappa shape index (κ1) is 9.93. The van der Waals surface area contributed by atoms with Crippen LogP contribution in [0.4, 0.5) is 5.69 Å². The van der Waals surface area contributed by atoms with Crippen LogP contribution in [0.3, 0.4) is 0 Å². The van der Waals surface area contributed by atoms with Gasteiger partial charge in [0.15, 0.2) is 6.29 Å². The average Bonchev–Trinajstić information content (AvgIpc) is 2.57. The Morgan fingerprint density at radius 3 is 2.47 bits per heavy atom. The van der Waals surface area contributed by atoms with Gasteiger partial charge in [0.05, 0.1) is 10.6 Å². The number of anilines is 1. The summed E-state index contributed by atoms with van der Waals surface area (Å²) < 4.78 is 0. The number of carbonyl (C=O) groups excluding carboxylic acids is 1. The van der Waals surface area contributed by atoms with Gasteiger partial charge in [0.2, 0.25) is 0 Å². The lowest BCUT2D eigenvalue weighted by molar-refractivity contribution is 0.112. The molecule has 2 N–H and O–H groups in total. The third-order valence-electron chi connectivity index (χ3n) is 2.37. The Balaban J connectivity index is 2.59. The minimum Gasteiger partial charge on any atom is -0.397 e. The van der Waals surface area contributed by atoms with Crippen molar-refractivity contribution in [2.75, 3.05) is 5.73 Å². The number of hydrogen-bond acceptors (Lipinski definition) is 3. The Morgan fingerprint density at radius 1 is 1.27 bits per heavy atom. The van der Waals surface area contributed by atoms with E-state index in [9.17, 15) is 4.79 Å². The van der Waals surface area contributed by atoms with Crippen molar-refractivity contribution in [2.24, 2.45) is 0 Å². The molecular weight excluding hydrogens is 206 g/mol. The molecule has 0 aliphatic heterocycles. The third kappa shape index (κ3) is 1.66. The van der Waals surface area contributed by atoms with E-state index in [-0.39, 0.29) is 0 Å². The number of thiophene rings is 1. The average molecular weight is 217 g/mol. The number of rotatable bonds is 2. The standard InChI is InChI=1S/C12H11NOS/c1-8-11(13)10(7-14)15-12(8)9-5-3-2-4-6-9/h2-7H,13H2,1H3. The van der Waals surface area contributed by atoms with Crippen LogP contribution in [0.2, 0.25) is 0 Å². The minimum absolute atomic E-state index is 0.605. The van der Waals surface area contributed by atoms with E-state index in [1.54, 1.807) is 0 Å². The Morgan fingerprint density at radius 2 is 1.93 bits per heavy atom. The van der Waals surface area contributed by atoms with Gasteiger partial charge >= 0.3 is 0 Å². The Bertz CT molecular complexity index is 488. The van der Waals surface area contributed by atoms with Gasteiger partial charge in [-0.05, 0) is 18.1 Å². The van der Waals surface area contributed by atoms with Crippen LogP contribution in [0.5, 0.6) is 0 Å². The van der Waals surface area contributed by atoms with Gasteiger partial charge in [0, 0.05) is 4.88 Å². The fourth-order valence-corrected chi connectivity index (χ4v) is 2.55. The van der Waals surface area contributed by atoms with Gasteiger partial charge in [-0.1, -0.05) is 30.3 Å². The molecule has 0 bridgehead atoms. The van der Waals surface area contributed by atoms with Crippen molar-refractivity contribution in [2.45, 2.75) is 6.92 Å². The molecule has 1 aromatic carbocycles. The second-order valence-corrected chi connectivity index (χ2v) is 4.37. The number of nitrogen functional groups attached to an aromatic ring is 1. The van der Waals surface area contributed by atoms with Gasteiger partial charge < -0.3 is 5.73 Å².